The number of nitrogens with one attached hydrogen (secondary N) is 1. The summed E-state index contributed by atoms with van der Waals surface area (Å²) in [5.41, 5.74) is 3.87. The standard InChI is InChI=1S/C10H12N4S/c1-7-10(15-6-13-7)8(2)14-9-3-11-5-12-4-9/h3-6,8,14H,1-2H3. The van der Waals surface area contributed by atoms with Gasteiger partial charge in [-0.25, -0.2) is 15.0 Å². The Morgan fingerprint density at radius 3 is 2.67 bits per heavy atom. The lowest BCUT2D eigenvalue weighted by molar-refractivity contribution is 0.885. The van der Waals surface area contributed by atoms with E-state index in [1.807, 2.05) is 12.4 Å². The van der Waals surface area contributed by atoms with Crippen molar-refractivity contribution in [3.63, 3.8) is 0 Å². The molecular formula is C10H12N4S. The molecule has 0 aliphatic heterocycles. The average molecular weight is 220 g/mol. The van der Waals surface area contributed by atoms with Crippen LogP contribution in [0.3, 0.4) is 0 Å². The first-order valence-corrected chi connectivity index (χ1v) is 5.57. The third-order valence-corrected chi connectivity index (χ3v) is 3.23. The topological polar surface area (TPSA) is 50.7 Å². The Labute approximate surface area is 92.4 Å². The summed E-state index contributed by atoms with van der Waals surface area (Å²) >= 11 is 1.66. The second-order valence-electron chi connectivity index (χ2n) is 3.30. The van der Waals surface area contributed by atoms with E-state index in [2.05, 4.69) is 27.2 Å². The van der Waals surface area contributed by atoms with Crippen LogP contribution in [0.15, 0.2) is 24.2 Å². The van der Waals surface area contributed by atoms with E-state index < -0.39 is 0 Å². The van der Waals surface area contributed by atoms with Crippen LogP contribution in [0, 0.1) is 6.92 Å². The van der Waals surface area contributed by atoms with Gasteiger partial charge in [0.25, 0.3) is 0 Å². The number of aromatic nitrogens is 3. The molecule has 5 heteroatoms. The monoisotopic (exact) mass is 220 g/mol. The van der Waals surface area contributed by atoms with Crippen LogP contribution in [0.5, 0.6) is 0 Å². The zero-order valence-corrected chi connectivity index (χ0v) is 9.45. The first-order chi connectivity index (χ1) is 7.27. The minimum absolute atomic E-state index is 0.239. The Morgan fingerprint density at radius 1 is 1.33 bits per heavy atom. The molecule has 0 radical (unpaired) electrons. The van der Waals surface area contributed by atoms with Gasteiger partial charge in [0.05, 0.1) is 35.3 Å². The van der Waals surface area contributed by atoms with Crippen LogP contribution in [0.4, 0.5) is 5.69 Å². The van der Waals surface area contributed by atoms with Gasteiger partial charge in [-0.15, -0.1) is 11.3 Å². The Morgan fingerprint density at radius 2 is 2.07 bits per heavy atom. The minimum Gasteiger partial charge on any atom is -0.375 e. The summed E-state index contributed by atoms with van der Waals surface area (Å²) < 4.78 is 0. The number of thiazole rings is 1. The molecule has 0 aliphatic rings. The highest BCUT2D eigenvalue weighted by atomic mass is 32.1. The second-order valence-corrected chi connectivity index (χ2v) is 4.18. The van der Waals surface area contributed by atoms with Gasteiger partial charge < -0.3 is 5.32 Å². The maximum Gasteiger partial charge on any atom is 0.115 e. The van der Waals surface area contributed by atoms with Crippen molar-refractivity contribution < 1.29 is 0 Å². The van der Waals surface area contributed by atoms with Gasteiger partial charge >= 0.3 is 0 Å². The van der Waals surface area contributed by atoms with Crippen molar-refractivity contribution in [3.05, 3.63) is 34.8 Å². The molecule has 0 spiro atoms. The molecule has 0 saturated carbocycles. The predicted octanol–water partition coefficient (Wildman–Crippen LogP) is 2.41. The highest BCUT2D eigenvalue weighted by Crippen LogP contribution is 2.24. The summed E-state index contributed by atoms with van der Waals surface area (Å²) in [5.74, 6) is 0. The number of hydrogen-bond donors (Lipinski definition) is 1. The lowest BCUT2D eigenvalue weighted by Gasteiger charge is -2.13. The third-order valence-electron chi connectivity index (χ3n) is 2.12. The van der Waals surface area contributed by atoms with Crippen molar-refractivity contribution >= 4 is 17.0 Å². The molecular weight excluding hydrogens is 208 g/mol. The fourth-order valence-electron chi connectivity index (χ4n) is 1.42. The molecule has 78 valence electrons. The SMILES string of the molecule is Cc1ncsc1C(C)Nc1cncnc1. The first-order valence-electron chi connectivity index (χ1n) is 4.69. The molecule has 0 fully saturated rings. The molecule has 2 rings (SSSR count). The van der Waals surface area contributed by atoms with Crippen LogP contribution in [0.25, 0.3) is 0 Å². The molecule has 0 bridgehead atoms. The molecule has 0 aromatic carbocycles. The van der Waals surface area contributed by atoms with E-state index in [1.54, 1.807) is 23.7 Å². The van der Waals surface area contributed by atoms with Gasteiger partial charge in [-0.05, 0) is 13.8 Å². The van der Waals surface area contributed by atoms with E-state index in [1.165, 1.54) is 11.2 Å². The second kappa shape index (κ2) is 4.35. The molecule has 0 saturated heterocycles. The first kappa shape index (κ1) is 10.0. The molecule has 4 nitrogen and oxygen atoms in total. The van der Waals surface area contributed by atoms with Crippen LogP contribution in [0.2, 0.25) is 0 Å². The smallest absolute Gasteiger partial charge is 0.115 e. The summed E-state index contributed by atoms with van der Waals surface area (Å²) in [6.45, 7) is 4.12. The zero-order chi connectivity index (χ0) is 10.7. The lowest BCUT2D eigenvalue weighted by atomic mass is 10.2. The maximum atomic E-state index is 4.23. The van der Waals surface area contributed by atoms with Gasteiger partial charge in [0.15, 0.2) is 0 Å². The quantitative estimate of drug-likeness (QED) is 0.863. The molecule has 2 heterocycles. The van der Waals surface area contributed by atoms with Crippen molar-refractivity contribution in [1.29, 1.82) is 0 Å². The van der Waals surface area contributed by atoms with Gasteiger partial charge in [0.2, 0.25) is 0 Å². The molecule has 1 unspecified atom stereocenters. The van der Waals surface area contributed by atoms with Crippen molar-refractivity contribution in [3.8, 4) is 0 Å². The summed E-state index contributed by atoms with van der Waals surface area (Å²) in [6, 6.07) is 0.239. The molecule has 1 N–H and O–H groups in total. The van der Waals surface area contributed by atoms with Gasteiger partial charge in [-0.2, -0.15) is 0 Å². The minimum atomic E-state index is 0.239. The van der Waals surface area contributed by atoms with E-state index in [9.17, 15) is 0 Å². The molecule has 2 aromatic heterocycles. The zero-order valence-electron chi connectivity index (χ0n) is 8.64. The van der Waals surface area contributed by atoms with Crippen molar-refractivity contribution in [2.75, 3.05) is 5.32 Å². The van der Waals surface area contributed by atoms with Crippen molar-refractivity contribution in [1.82, 2.24) is 15.0 Å². The van der Waals surface area contributed by atoms with E-state index in [0.717, 1.165) is 11.4 Å². The van der Waals surface area contributed by atoms with E-state index in [4.69, 9.17) is 0 Å². The highest BCUT2D eigenvalue weighted by molar-refractivity contribution is 7.09. The summed E-state index contributed by atoms with van der Waals surface area (Å²) in [7, 11) is 0. The van der Waals surface area contributed by atoms with Gasteiger partial charge in [-0.1, -0.05) is 0 Å². The molecule has 0 aliphatic carbocycles. The van der Waals surface area contributed by atoms with Crippen LogP contribution < -0.4 is 5.32 Å². The fourth-order valence-corrected chi connectivity index (χ4v) is 2.23. The Kier molecular flexibility index (Phi) is 2.91. The Bertz CT molecular complexity index is 426. The van der Waals surface area contributed by atoms with E-state index in [0.29, 0.717) is 0 Å². The maximum absolute atomic E-state index is 4.23. The predicted molar refractivity (Wildman–Crippen MR) is 60.9 cm³/mol. The number of rotatable bonds is 3. The number of hydrogen-bond acceptors (Lipinski definition) is 5. The van der Waals surface area contributed by atoms with E-state index >= 15 is 0 Å². The molecule has 15 heavy (non-hydrogen) atoms. The molecule has 1 atom stereocenters. The normalized spacial score (nSPS) is 12.4. The molecule has 0 amide bonds. The summed E-state index contributed by atoms with van der Waals surface area (Å²) in [5, 5.41) is 3.33. The Hall–Kier alpha value is -1.49. The van der Waals surface area contributed by atoms with Crippen LogP contribution >= 0.6 is 11.3 Å². The largest absolute Gasteiger partial charge is 0.375 e. The van der Waals surface area contributed by atoms with Gasteiger partial charge in [0.1, 0.15) is 6.33 Å². The summed E-state index contributed by atoms with van der Waals surface area (Å²) in [4.78, 5) is 13.4. The Balaban J connectivity index is 2.11. The van der Waals surface area contributed by atoms with Crippen molar-refractivity contribution in [2.24, 2.45) is 0 Å². The lowest BCUT2D eigenvalue weighted by Crippen LogP contribution is -2.06. The number of aryl methyl sites for hydroxylation is 1. The van der Waals surface area contributed by atoms with Crippen LogP contribution in [0.1, 0.15) is 23.5 Å². The van der Waals surface area contributed by atoms with E-state index in [-0.39, 0.29) is 6.04 Å². The number of anilines is 1. The van der Waals surface area contributed by atoms with Gasteiger partial charge in [-0.3, -0.25) is 0 Å². The molecule has 2 aromatic rings. The summed E-state index contributed by atoms with van der Waals surface area (Å²) in [6.07, 6.45) is 5.05. The average Bonchev–Trinajstić information content (AvgIpc) is 2.66. The highest BCUT2D eigenvalue weighted by Gasteiger charge is 2.10. The van der Waals surface area contributed by atoms with Crippen LogP contribution in [-0.4, -0.2) is 15.0 Å². The third kappa shape index (κ3) is 2.30. The fraction of sp³-hybridized carbons (Fsp3) is 0.300. The number of nitrogens with zero attached hydrogens (tertiary/aromatic N) is 3. The van der Waals surface area contributed by atoms with Crippen molar-refractivity contribution in [2.45, 2.75) is 19.9 Å². The van der Waals surface area contributed by atoms with Gasteiger partial charge in [0, 0.05) is 4.88 Å². The van der Waals surface area contributed by atoms with Crippen LogP contribution in [-0.2, 0) is 0 Å².